The fraction of sp³-hybridized carbons (Fsp3) is 0.410. The summed E-state index contributed by atoms with van der Waals surface area (Å²) in [7, 11) is 0. The second kappa shape index (κ2) is 20.7. The van der Waals surface area contributed by atoms with E-state index in [0.717, 1.165) is 27.8 Å². The first kappa shape index (κ1) is 40.5. The topological polar surface area (TPSA) is 230 Å². The Labute approximate surface area is 318 Å². The molecule has 1 aliphatic rings. The highest BCUT2D eigenvalue weighted by molar-refractivity contribution is 5.98. The number of anilines is 1. The number of aliphatic hydroxyl groups excluding tert-OH is 1. The molecular weight excluding hydrogens is 708 g/mol. The lowest BCUT2D eigenvalue weighted by Gasteiger charge is -2.29. The van der Waals surface area contributed by atoms with Crippen LogP contribution in [-0.4, -0.2) is 107 Å². The first-order valence-electron chi connectivity index (χ1n) is 18.4. The summed E-state index contributed by atoms with van der Waals surface area (Å²) in [4.78, 5) is 51.2. The van der Waals surface area contributed by atoms with Gasteiger partial charge in [-0.05, 0) is 108 Å². The van der Waals surface area contributed by atoms with Gasteiger partial charge in [-0.1, -0.05) is 30.3 Å². The molecule has 16 nitrogen and oxygen atoms in total. The minimum absolute atomic E-state index is 0.0399. The molecule has 5 rings (SSSR count). The lowest BCUT2D eigenvalue weighted by molar-refractivity contribution is -0.130. The van der Waals surface area contributed by atoms with Crippen molar-refractivity contribution < 1.29 is 38.9 Å². The lowest BCUT2D eigenvalue weighted by Crippen LogP contribution is -2.48. The van der Waals surface area contributed by atoms with Crippen molar-refractivity contribution in [3.8, 4) is 22.5 Å². The molecule has 0 unspecified atom stereocenters. The summed E-state index contributed by atoms with van der Waals surface area (Å²) in [6, 6.07) is 19.4. The molecule has 0 bridgehead atoms. The third kappa shape index (κ3) is 12.4. The van der Waals surface area contributed by atoms with Crippen molar-refractivity contribution in [3.05, 3.63) is 83.4 Å². The molecule has 0 saturated heterocycles. The van der Waals surface area contributed by atoms with Crippen LogP contribution in [0.25, 0.3) is 22.5 Å². The standard InChI is InChI=1S/C39H48N8O8/c1-25-21-31(36(49)40-15-17-54-19-20-55-18-16-48)11-14-33(25)30-4-2-3-27(22-30)23-34(43-37(50)29-7-5-26(6-8-29)24-41-39(52)53)38(51)42-32-12-9-28(10-13-32)35-44-46-47-45-35/h2-4,9-14,21-22,26,29,34,41,48H,5-8,15-20,23-24H2,1H3,(H,40,49)(H,42,51)(H,43,50)(H,52,53)(H,44,45,46,47)/t26-,29-,34-/m0/s1. The molecule has 4 aromatic rings. The number of H-pyrrole nitrogens is 1. The number of aryl methyl sites for hydroxylation is 1. The Hall–Kier alpha value is -5.71. The fourth-order valence-corrected chi connectivity index (χ4v) is 6.54. The summed E-state index contributed by atoms with van der Waals surface area (Å²) in [6.45, 7) is 3.92. The van der Waals surface area contributed by atoms with Crippen LogP contribution >= 0.6 is 0 Å². The summed E-state index contributed by atoms with van der Waals surface area (Å²) in [6.07, 6.45) is 1.78. The van der Waals surface area contributed by atoms with Crippen LogP contribution in [0.15, 0.2) is 66.7 Å². The molecule has 4 amide bonds. The molecule has 0 radical (unpaired) electrons. The molecule has 1 fully saturated rings. The molecule has 7 N–H and O–H groups in total. The fourth-order valence-electron chi connectivity index (χ4n) is 6.54. The number of ether oxygens (including phenoxy) is 2. The third-order valence-corrected chi connectivity index (χ3v) is 9.47. The zero-order valence-electron chi connectivity index (χ0n) is 30.8. The number of benzene rings is 3. The molecule has 1 heterocycles. The number of carbonyl (C=O) groups excluding carboxylic acids is 3. The first-order chi connectivity index (χ1) is 26.7. The van der Waals surface area contributed by atoms with Gasteiger partial charge in [0, 0.05) is 42.2 Å². The van der Waals surface area contributed by atoms with E-state index in [2.05, 4.69) is 41.9 Å². The van der Waals surface area contributed by atoms with Gasteiger partial charge in [0.05, 0.1) is 33.0 Å². The molecule has 0 spiro atoms. The highest BCUT2D eigenvalue weighted by atomic mass is 16.5. The van der Waals surface area contributed by atoms with Crippen LogP contribution in [0.3, 0.4) is 0 Å². The number of hydrogen-bond acceptors (Lipinski definition) is 10. The number of carboxylic acid groups (broad SMARTS) is 1. The first-order valence-corrected chi connectivity index (χ1v) is 18.4. The summed E-state index contributed by atoms with van der Waals surface area (Å²) in [5, 5.41) is 42.8. The van der Waals surface area contributed by atoms with E-state index in [-0.39, 0.29) is 49.2 Å². The Morgan fingerprint density at radius 3 is 2.35 bits per heavy atom. The average Bonchev–Trinajstić information content (AvgIpc) is 3.74. The van der Waals surface area contributed by atoms with Gasteiger partial charge in [0.1, 0.15) is 6.04 Å². The quantitative estimate of drug-likeness (QED) is 0.0687. The van der Waals surface area contributed by atoms with E-state index in [0.29, 0.717) is 75.7 Å². The van der Waals surface area contributed by atoms with Gasteiger partial charge in [-0.3, -0.25) is 14.4 Å². The predicted octanol–water partition coefficient (Wildman–Crippen LogP) is 3.34. The molecule has 1 aromatic heterocycles. The van der Waals surface area contributed by atoms with Crippen LogP contribution < -0.4 is 21.3 Å². The van der Waals surface area contributed by atoms with E-state index < -0.39 is 12.1 Å². The van der Waals surface area contributed by atoms with Gasteiger partial charge < -0.3 is 41.0 Å². The zero-order valence-corrected chi connectivity index (χ0v) is 30.8. The number of nitrogens with zero attached hydrogens (tertiary/aromatic N) is 3. The third-order valence-electron chi connectivity index (χ3n) is 9.47. The van der Waals surface area contributed by atoms with Crippen molar-refractivity contribution in [2.24, 2.45) is 11.8 Å². The number of nitrogens with one attached hydrogen (secondary N) is 5. The molecule has 1 aliphatic carbocycles. The number of aliphatic hydroxyl groups is 1. The van der Waals surface area contributed by atoms with Gasteiger partial charge in [-0.25, -0.2) is 9.89 Å². The number of carbonyl (C=O) groups is 4. The Morgan fingerprint density at radius 1 is 0.891 bits per heavy atom. The number of hydrogen-bond donors (Lipinski definition) is 7. The van der Waals surface area contributed by atoms with Crippen molar-refractivity contribution in [3.63, 3.8) is 0 Å². The van der Waals surface area contributed by atoms with E-state index in [1.807, 2.05) is 43.3 Å². The molecule has 55 heavy (non-hydrogen) atoms. The smallest absolute Gasteiger partial charge is 0.404 e. The number of aromatic nitrogens is 4. The number of tetrazole rings is 1. The molecule has 3 aromatic carbocycles. The molecule has 0 aliphatic heterocycles. The van der Waals surface area contributed by atoms with Crippen molar-refractivity contribution in [1.29, 1.82) is 0 Å². The number of amides is 4. The Bertz CT molecular complexity index is 1860. The number of aromatic amines is 1. The number of rotatable bonds is 19. The van der Waals surface area contributed by atoms with E-state index in [1.165, 1.54) is 0 Å². The van der Waals surface area contributed by atoms with Crippen LogP contribution in [0, 0.1) is 18.8 Å². The maximum Gasteiger partial charge on any atom is 0.404 e. The van der Waals surface area contributed by atoms with Crippen molar-refractivity contribution >= 4 is 29.5 Å². The Balaban J connectivity index is 1.24. The van der Waals surface area contributed by atoms with E-state index in [4.69, 9.17) is 19.7 Å². The van der Waals surface area contributed by atoms with Crippen molar-refractivity contribution in [2.75, 3.05) is 51.4 Å². The van der Waals surface area contributed by atoms with Crippen LogP contribution in [-0.2, 0) is 25.5 Å². The monoisotopic (exact) mass is 756 g/mol. The largest absolute Gasteiger partial charge is 0.465 e. The van der Waals surface area contributed by atoms with Crippen LogP contribution in [0.1, 0.15) is 47.2 Å². The van der Waals surface area contributed by atoms with Gasteiger partial charge in [0.25, 0.3) is 5.91 Å². The minimum Gasteiger partial charge on any atom is -0.465 e. The van der Waals surface area contributed by atoms with Crippen molar-refractivity contribution in [2.45, 2.75) is 45.1 Å². The summed E-state index contributed by atoms with van der Waals surface area (Å²) in [5.41, 5.74) is 5.34. The van der Waals surface area contributed by atoms with E-state index >= 15 is 0 Å². The summed E-state index contributed by atoms with van der Waals surface area (Å²) >= 11 is 0. The van der Waals surface area contributed by atoms with Gasteiger partial charge in [-0.2, -0.15) is 0 Å². The SMILES string of the molecule is Cc1cc(C(=O)NCCOCCOCCO)ccc1-c1cccc(C[C@H](NC(=O)[C@H]2CC[C@H](CNC(=O)O)CC2)C(=O)Nc2ccc(-c3nnn[nH]3)cc2)c1. The second-order valence-corrected chi connectivity index (χ2v) is 13.4. The van der Waals surface area contributed by atoms with Gasteiger partial charge in [0.15, 0.2) is 5.82 Å². The molecular formula is C39H48N8O8. The van der Waals surface area contributed by atoms with Gasteiger partial charge >= 0.3 is 6.09 Å². The van der Waals surface area contributed by atoms with E-state index in [9.17, 15) is 19.2 Å². The minimum atomic E-state index is -1.06. The highest BCUT2D eigenvalue weighted by Crippen LogP contribution is 2.29. The molecule has 16 heteroatoms. The lowest BCUT2D eigenvalue weighted by atomic mass is 9.81. The second-order valence-electron chi connectivity index (χ2n) is 13.4. The van der Waals surface area contributed by atoms with E-state index in [1.54, 1.807) is 30.3 Å². The maximum absolute atomic E-state index is 13.8. The average molecular weight is 757 g/mol. The van der Waals surface area contributed by atoms with Crippen LogP contribution in [0.2, 0.25) is 0 Å². The Kier molecular flexibility index (Phi) is 15.2. The summed E-state index contributed by atoms with van der Waals surface area (Å²) < 4.78 is 10.6. The maximum atomic E-state index is 13.8. The van der Waals surface area contributed by atoms with Crippen LogP contribution in [0.4, 0.5) is 10.5 Å². The van der Waals surface area contributed by atoms with Crippen molar-refractivity contribution in [1.82, 2.24) is 36.6 Å². The van der Waals surface area contributed by atoms with Gasteiger partial charge in [0.2, 0.25) is 11.8 Å². The molecule has 1 atom stereocenters. The normalized spacial score (nSPS) is 15.8. The zero-order chi connectivity index (χ0) is 39.0. The van der Waals surface area contributed by atoms with Crippen LogP contribution in [0.5, 0.6) is 0 Å². The highest BCUT2D eigenvalue weighted by Gasteiger charge is 2.30. The molecule has 292 valence electrons. The van der Waals surface area contributed by atoms with Gasteiger partial charge in [-0.15, -0.1) is 5.10 Å². The molecule has 1 saturated carbocycles. The predicted molar refractivity (Wildman–Crippen MR) is 203 cm³/mol. The Morgan fingerprint density at radius 2 is 1.65 bits per heavy atom. The summed E-state index contributed by atoms with van der Waals surface area (Å²) in [5.74, 6) is -0.442.